The molecule has 1 atom stereocenters. The van der Waals surface area contributed by atoms with Crippen LogP contribution in [-0.2, 0) is 21.3 Å². The summed E-state index contributed by atoms with van der Waals surface area (Å²) in [4.78, 5) is 1.04. The van der Waals surface area contributed by atoms with E-state index in [1.165, 1.54) is 11.3 Å². The van der Waals surface area contributed by atoms with E-state index in [1.54, 1.807) is 6.92 Å². The van der Waals surface area contributed by atoms with Gasteiger partial charge in [-0.15, -0.1) is 11.3 Å². The first kappa shape index (κ1) is 14.0. The van der Waals surface area contributed by atoms with Crippen molar-refractivity contribution in [2.24, 2.45) is 5.73 Å². The van der Waals surface area contributed by atoms with Crippen LogP contribution < -0.4 is 10.5 Å². The second-order valence-corrected chi connectivity index (χ2v) is 7.03. The molecule has 102 valence electrons. The van der Waals surface area contributed by atoms with Crippen molar-refractivity contribution in [2.45, 2.75) is 37.3 Å². The highest BCUT2D eigenvalue weighted by molar-refractivity contribution is 7.89. The van der Waals surface area contributed by atoms with Crippen LogP contribution in [0, 0.1) is 6.92 Å². The van der Waals surface area contributed by atoms with E-state index < -0.39 is 10.0 Å². The molecule has 0 amide bonds. The van der Waals surface area contributed by atoms with Gasteiger partial charge in [-0.3, -0.25) is 0 Å². The smallest absolute Gasteiger partial charge is 0.242 e. The van der Waals surface area contributed by atoms with Gasteiger partial charge in [0.1, 0.15) is 4.90 Å². The molecular formula is C11H18N2O3S2. The average molecular weight is 290 g/mol. The maximum atomic E-state index is 12.2. The quantitative estimate of drug-likeness (QED) is 0.847. The van der Waals surface area contributed by atoms with Crippen LogP contribution >= 0.6 is 11.3 Å². The predicted molar refractivity (Wildman–Crippen MR) is 71.1 cm³/mol. The Morgan fingerprint density at radius 1 is 1.61 bits per heavy atom. The largest absolute Gasteiger partial charge is 0.377 e. The summed E-state index contributed by atoms with van der Waals surface area (Å²) in [7, 11) is -3.48. The monoisotopic (exact) mass is 290 g/mol. The molecule has 0 saturated carbocycles. The Bertz CT molecular complexity index is 504. The Morgan fingerprint density at radius 3 is 3.00 bits per heavy atom. The normalized spacial score (nSPS) is 20.4. The van der Waals surface area contributed by atoms with Crippen molar-refractivity contribution in [1.29, 1.82) is 0 Å². The van der Waals surface area contributed by atoms with Crippen LogP contribution in [0.5, 0.6) is 0 Å². The first-order chi connectivity index (χ1) is 8.54. The number of nitrogens with one attached hydrogen (secondary N) is 1. The van der Waals surface area contributed by atoms with E-state index in [-0.39, 0.29) is 12.6 Å². The Kier molecular flexibility index (Phi) is 4.39. The zero-order valence-corrected chi connectivity index (χ0v) is 11.9. The van der Waals surface area contributed by atoms with Crippen molar-refractivity contribution in [3.05, 3.63) is 15.8 Å². The number of ether oxygens (including phenoxy) is 1. The van der Waals surface area contributed by atoms with Gasteiger partial charge in [0.25, 0.3) is 0 Å². The molecule has 1 aliphatic rings. The summed E-state index contributed by atoms with van der Waals surface area (Å²) >= 11 is 1.39. The second-order valence-electron chi connectivity index (χ2n) is 4.36. The minimum atomic E-state index is -3.48. The molecule has 1 unspecified atom stereocenters. The second kappa shape index (κ2) is 5.66. The van der Waals surface area contributed by atoms with Crippen LogP contribution in [-0.4, -0.2) is 27.7 Å². The summed E-state index contributed by atoms with van der Waals surface area (Å²) in [5, 5.41) is 1.82. The fraction of sp³-hybridized carbons (Fsp3) is 0.636. The van der Waals surface area contributed by atoms with Gasteiger partial charge < -0.3 is 10.5 Å². The molecule has 1 aliphatic heterocycles. The molecule has 0 aliphatic carbocycles. The molecule has 1 saturated heterocycles. The lowest BCUT2D eigenvalue weighted by Gasteiger charge is -2.12. The summed E-state index contributed by atoms with van der Waals surface area (Å²) in [6, 6.07) is 0. The molecule has 7 heteroatoms. The van der Waals surface area contributed by atoms with E-state index in [1.807, 2.05) is 5.38 Å². The molecule has 2 heterocycles. The summed E-state index contributed by atoms with van der Waals surface area (Å²) in [6.07, 6.45) is 1.91. The number of hydrogen-bond acceptors (Lipinski definition) is 5. The number of rotatable bonds is 5. The molecule has 0 aromatic carbocycles. The maximum absolute atomic E-state index is 12.2. The van der Waals surface area contributed by atoms with Crippen LogP contribution in [0.15, 0.2) is 10.3 Å². The molecule has 1 aromatic rings. The highest BCUT2D eigenvalue weighted by Gasteiger charge is 2.24. The maximum Gasteiger partial charge on any atom is 0.242 e. The van der Waals surface area contributed by atoms with Crippen molar-refractivity contribution in [2.75, 3.05) is 13.2 Å². The van der Waals surface area contributed by atoms with Gasteiger partial charge in [0, 0.05) is 24.6 Å². The van der Waals surface area contributed by atoms with Crippen LogP contribution in [0.25, 0.3) is 0 Å². The van der Waals surface area contributed by atoms with E-state index in [9.17, 15) is 8.42 Å². The van der Waals surface area contributed by atoms with Gasteiger partial charge in [-0.1, -0.05) is 0 Å². The van der Waals surface area contributed by atoms with Gasteiger partial charge >= 0.3 is 0 Å². The fourth-order valence-electron chi connectivity index (χ4n) is 2.07. The minimum absolute atomic E-state index is 0.0000402. The molecule has 1 fully saturated rings. The summed E-state index contributed by atoms with van der Waals surface area (Å²) < 4.78 is 32.5. The standard InChI is InChI=1S/C11H18N2O3S2/c1-8-7-17-10(5-12)11(8)18(14,15)13-6-9-3-2-4-16-9/h7,9,13H,2-6,12H2,1H3. The third-order valence-corrected chi connectivity index (χ3v) is 5.88. The van der Waals surface area contributed by atoms with Crippen molar-refractivity contribution in [1.82, 2.24) is 4.72 Å². The lowest BCUT2D eigenvalue weighted by atomic mass is 10.2. The molecule has 0 radical (unpaired) electrons. The predicted octanol–water partition coefficient (Wildman–Crippen LogP) is 0.973. The number of hydrogen-bond donors (Lipinski definition) is 2. The van der Waals surface area contributed by atoms with E-state index in [4.69, 9.17) is 10.5 Å². The molecule has 2 rings (SSSR count). The van der Waals surface area contributed by atoms with Crippen LogP contribution in [0.4, 0.5) is 0 Å². The van der Waals surface area contributed by atoms with Crippen molar-refractivity contribution >= 4 is 21.4 Å². The summed E-state index contributed by atoms with van der Waals surface area (Å²) in [5.41, 5.74) is 6.32. The third-order valence-electron chi connectivity index (χ3n) is 2.97. The number of aryl methyl sites for hydroxylation is 1. The van der Waals surface area contributed by atoms with Crippen molar-refractivity contribution in [3.63, 3.8) is 0 Å². The van der Waals surface area contributed by atoms with Crippen LogP contribution in [0.1, 0.15) is 23.3 Å². The van der Waals surface area contributed by atoms with E-state index in [0.717, 1.165) is 25.0 Å². The van der Waals surface area contributed by atoms with Gasteiger partial charge in [-0.25, -0.2) is 13.1 Å². The molecule has 0 bridgehead atoms. The molecule has 1 aromatic heterocycles. The fourth-order valence-corrected chi connectivity index (χ4v) is 4.83. The van der Waals surface area contributed by atoms with Gasteiger partial charge in [-0.05, 0) is 30.7 Å². The lowest BCUT2D eigenvalue weighted by Crippen LogP contribution is -2.32. The van der Waals surface area contributed by atoms with Gasteiger partial charge in [0.2, 0.25) is 10.0 Å². The number of sulfonamides is 1. The zero-order chi connectivity index (χ0) is 13.2. The van der Waals surface area contributed by atoms with E-state index in [0.29, 0.717) is 16.3 Å². The Balaban J connectivity index is 2.11. The first-order valence-corrected chi connectivity index (χ1v) is 8.29. The Hall–Kier alpha value is -0.470. The van der Waals surface area contributed by atoms with Gasteiger partial charge in [-0.2, -0.15) is 0 Å². The Labute approximate surface area is 111 Å². The van der Waals surface area contributed by atoms with E-state index in [2.05, 4.69) is 4.72 Å². The highest BCUT2D eigenvalue weighted by Crippen LogP contribution is 2.26. The van der Waals surface area contributed by atoms with Crippen LogP contribution in [0.3, 0.4) is 0 Å². The highest BCUT2D eigenvalue weighted by atomic mass is 32.2. The molecule has 3 N–H and O–H groups in total. The number of nitrogens with two attached hydrogens (primary N) is 1. The first-order valence-electron chi connectivity index (χ1n) is 5.93. The average Bonchev–Trinajstić information content (AvgIpc) is 2.95. The van der Waals surface area contributed by atoms with E-state index >= 15 is 0 Å². The SMILES string of the molecule is Cc1csc(CN)c1S(=O)(=O)NCC1CCCO1. The van der Waals surface area contributed by atoms with Crippen molar-refractivity contribution in [3.8, 4) is 0 Å². The molecule has 18 heavy (non-hydrogen) atoms. The molecular weight excluding hydrogens is 272 g/mol. The van der Waals surface area contributed by atoms with Gasteiger partial charge in [0.15, 0.2) is 0 Å². The molecule has 5 nitrogen and oxygen atoms in total. The van der Waals surface area contributed by atoms with Gasteiger partial charge in [0.05, 0.1) is 6.10 Å². The summed E-state index contributed by atoms with van der Waals surface area (Å²) in [5.74, 6) is 0. The molecule has 0 spiro atoms. The lowest BCUT2D eigenvalue weighted by molar-refractivity contribution is 0.114. The topological polar surface area (TPSA) is 81.4 Å². The van der Waals surface area contributed by atoms with Crippen molar-refractivity contribution < 1.29 is 13.2 Å². The summed E-state index contributed by atoms with van der Waals surface area (Å²) in [6.45, 7) is 3.09. The minimum Gasteiger partial charge on any atom is -0.377 e. The number of thiophene rings is 1. The zero-order valence-electron chi connectivity index (χ0n) is 10.3. The third kappa shape index (κ3) is 2.92. The van der Waals surface area contributed by atoms with Crippen LogP contribution in [0.2, 0.25) is 0 Å². The Morgan fingerprint density at radius 2 is 2.39 bits per heavy atom.